The molecule has 0 saturated carbocycles. The van der Waals surface area contributed by atoms with Gasteiger partial charge < -0.3 is 20.2 Å². The Balaban J connectivity index is 1.54. The fourth-order valence-corrected chi connectivity index (χ4v) is 5.27. The molecule has 0 unspecified atom stereocenters. The van der Waals surface area contributed by atoms with Gasteiger partial charge in [0.25, 0.3) is 0 Å². The van der Waals surface area contributed by atoms with Gasteiger partial charge in [-0.15, -0.1) is 0 Å². The van der Waals surface area contributed by atoms with Crippen molar-refractivity contribution in [1.29, 1.82) is 0 Å². The standard InChI is InChI=1S/C26H25F2N3O2/c1-30-23-11-6-16(19-4-2-3-5-22(19)28)14-21(23)25-20(24(30)15-32)12-13-31(25)26(33)29-18-9-7-17(27)8-10-18/h2-11,14,20,24-25,32H,12-13,15H2,1H3,(H,29,33)/t20-,24-,25-/m0/s1. The molecule has 0 bridgehead atoms. The number of hydrogen-bond donors (Lipinski definition) is 2. The van der Waals surface area contributed by atoms with Crippen LogP contribution in [0.15, 0.2) is 66.7 Å². The molecule has 5 rings (SSSR count). The van der Waals surface area contributed by atoms with Gasteiger partial charge >= 0.3 is 6.03 Å². The summed E-state index contributed by atoms with van der Waals surface area (Å²) in [5.74, 6) is -0.643. The Labute approximate surface area is 191 Å². The number of hydrogen-bond acceptors (Lipinski definition) is 3. The second kappa shape index (κ2) is 8.48. The lowest BCUT2D eigenvalue weighted by molar-refractivity contribution is 0.168. The van der Waals surface area contributed by atoms with Crippen molar-refractivity contribution < 1.29 is 18.7 Å². The van der Waals surface area contributed by atoms with E-state index in [2.05, 4.69) is 10.2 Å². The maximum atomic E-state index is 14.5. The SMILES string of the molecule is CN1c2ccc(-c3ccccc3F)cc2[C@@H]2[C@@H](CCN2C(=O)Nc2ccc(F)cc2)[C@@H]1CO. The van der Waals surface area contributed by atoms with E-state index in [0.717, 1.165) is 23.2 Å². The molecule has 2 N–H and O–H groups in total. The summed E-state index contributed by atoms with van der Waals surface area (Å²) in [5.41, 5.74) is 3.60. The molecule has 3 aromatic carbocycles. The van der Waals surface area contributed by atoms with E-state index < -0.39 is 0 Å². The van der Waals surface area contributed by atoms with Crippen molar-refractivity contribution in [3.63, 3.8) is 0 Å². The van der Waals surface area contributed by atoms with Crippen molar-refractivity contribution >= 4 is 17.4 Å². The third-order valence-corrected chi connectivity index (χ3v) is 6.89. The van der Waals surface area contributed by atoms with Crippen LogP contribution in [-0.2, 0) is 0 Å². The summed E-state index contributed by atoms with van der Waals surface area (Å²) in [6.45, 7) is 0.496. The predicted octanol–water partition coefficient (Wildman–Crippen LogP) is 5.04. The zero-order valence-electron chi connectivity index (χ0n) is 18.2. The minimum absolute atomic E-state index is 0.0282. The number of carbonyl (C=O) groups excluding carboxylic acids is 1. The summed E-state index contributed by atoms with van der Waals surface area (Å²) in [4.78, 5) is 17.1. The van der Waals surface area contributed by atoms with Crippen molar-refractivity contribution in [3.8, 4) is 11.1 Å². The van der Waals surface area contributed by atoms with Crippen LogP contribution < -0.4 is 10.2 Å². The zero-order valence-corrected chi connectivity index (χ0v) is 18.2. The number of anilines is 2. The molecule has 3 aromatic rings. The third-order valence-electron chi connectivity index (χ3n) is 6.89. The molecule has 2 aliphatic heterocycles. The van der Waals surface area contributed by atoms with E-state index in [1.165, 1.54) is 30.3 Å². The number of carbonyl (C=O) groups is 1. The highest BCUT2D eigenvalue weighted by Gasteiger charge is 2.47. The molecular weight excluding hydrogens is 424 g/mol. The van der Waals surface area contributed by atoms with Crippen molar-refractivity contribution in [2.45, 2.75) is 18.5 Å². The summed E-state index contributed by atoms with van der Waals surface area (Å²) >= 11 is 0. The Morgan fingerprint density at radius 2 is 1.85 bits per heavy atom. The first-order chi connectivity index (χ1) is 16.0. The molecule has 33 heavy (non-hydrogen) atoms. The van der Waals surface area contributed by atoms with E-state index in [-0.39, 0.29) is 42.3 Å². The average molecular weight is 450 g/mol. The van der Waals surface area contributed by atoms with Gasteiger partial charge in [0.1, 0.15) is 11.6 Å². The second-order valence-corrected chi connectivity index (χ2v) is 8.64. The highest BCUT2D eigenvalue weighted by molar-refractivity contribution is 5.90. The molecule has 1 fully saturated rings. The fraction of sp³-hybridized carbons (Fsp3) is 0.269. The fourth-order valence-electron chi connectivity index (χ4n) is 5.27. The maximum Gasteiger partial charge on any atom is 0.322 e. The van der Waals surface area contributed by atoms with Gasteiger partial charge in [-0.05, 0) is 60.0 Å². The predicted molar refractivity (Wildman–Crippen MR) is 124 cm³/mol. The summed E-state index contributed by atoms with van der Waals surface area (Å²) < 4.78 is 27.8. The molecule has 2 heterocycles. The number of nitrogens with zero attached hydrogens (tertiary/aromatic N) is 2. The summed E-state index contributed by atoms with van der Waals surface area (Å²) in [6.07, 6.45) is 0.737. The molecular formula is C26H25F2N3O2. The number of aliphatic hydroxyl groups is 1. The maximum absolute atomic E-state index is 14.5. The first-order valence-corrected chi connectivity index (χ1v) is 11.0. The number of likely N-dealkylation sites (tertiary alicyclic amines) is 1. The normalized spacial score (nSPS) is 21.5. The Morgan fingerprint density at radius 3 is 2.58 bits per heavy atom. The van der Waals surface area contributed by atoms with Crippen LogP contribution in [0.3, 0.4) is 0 Å². The Hall–Kier alpha value is -3.45. The number of aliphatic hydroxyl groups excluding tert-OH is 1. The van der Waals surface area contributed by atoms with Crippen LogP contribution in [0.4, 0.5) is 25.0 Å². The Kier molecular flexibility index (Phi) is 5.50. The molecule has 0 aliphatic carbocycles. The van der Waals surface area contributed by atoms with Gasteiger partial charge in [-0.2, -0.15) is 0 Å². The number of halogens is 2. The van der Waals surface area contributed by atoms with Gasteiger partial charge in [0, 0.05) is 36.4 Å². The summed E-state index contributed by atoms with van der Waals surface area (Å²) in [6, 6.07) is 17.4. The van der Waals surface area contributed by atoms with Crippen LogP contribution in [0.2, 0.25) is 0 Å². The largest absolute Gasteiger partial charge is 0.394 e. The number of amides is 2. The topological polar surface area (TPSA) is 55.8 Å². The van der Waals surface area contributed by atoms with Gasteiger partial charge in [-0.3, -0.25) is 0 Å². The summed E-state index contributed by atoms with van der Waals surface area (Å²) in [5, 5.41) is 13.0. The highest BCUT2D eigenvalue weighted by atomic mass is 19.1. The molecule has 3 atom stereocenters. The average Bonchev–Trinajstić information content (AvgIpc) is 3.26. The van der Waals surface area contributed by atoms with E-state index in [4.69, 9.17) is 0 Å². The number of urea groups is 1. The lowest BCUT2D eigenvalue weighted by Gasteiger charge is -2.44. The molecule has 2 amide bonds. The van der Waals surface area contributed by atoms with Crippen LogP contribution in [-0.4, -0.2) is 42.3 Å². The number of rotatable bonds is 3. The Bertz CT molecular complexity index is 1180. The van der Waals surface area contributed by atoms with E-state index >= 15 is 0 Å². The molecule has 0 spiro atoms. The molecule has 7 heteroatoms. The number of benzene rings is 3. The molecule has 2 aliphatic rings. The quantitative estimate of drug-likeness (QED) is 0.589. The van der Waals surface area contributed by atoms with Gasteiger partial charge in [0.15, 0.2) is 0 Å². The zero-order chi connectivity index (χ0) is 23.1. The molecule has 0 radical (unpaired) electrons. The Morgan fingerprint density at radius 1 is 1.09 bits per heavy atom. The molecule has 5 nitrogen and oxygen atoms in total. The first-order valence-electron chi connectivity index (χ1n) is 11.0. The van der Waals surface area contributed by atoms with E-state index in [0.29, 0.717) is 17.8 Å². The van der Waals surface area contributed by atoms with Crippen LogP contribution >= 0.6 is 0 Å². The number of fused-ring (bicyclic) bond motifs is 3. The summed E-state index contributed by atoms with van der Waals surface area (Å²) in [7, 11) is 1.94. The number of nitrogens with one attached hydrogen (secondary N) is 1. The van der Waals surface area contributed by atoms with Crippen LogP contribution in [0.1, 0.15) is 18.0 Å². The van der Waals surface area contributed by atoms with E-state index in [9.17, 15) is 18.7 Å². The van der Waals surface area contributed by atoms with Crippen molar-refractivity contribution in [1.82, 2.24) is 4.90 Å². The molecule has 0 aromatic heterocycles. The first kappa shape index (κ1) is 21.4. The van der Waals surface area contributed by atoms with Crippen molar-refractivity contribution in [3.05, 3.63) is 83.9 Å². The molecule has 1 saturated heterocycles. The van der Waals surface area contributed by atoms with E-state index in [1.54, 1.807) is 23.1 Å². The molecule has 170 valence electrons. The highest BCUT2D eigenvalue weighted by Crippen LogP contribution is 2.49. The van der Waals surface area contributed by atoms with Gasteiger partial charge in [-0.25, -0.2) is 13.6 Å². The monoisotopic (exact) mass is 449 g/mol. The van der Waals surface area contributed by atoms with Gasteiger partial charge in [0.2, 0.25) is 0 Å². The minimum atomic E-state index is -0.370. The van der Waals surface area contributed by atoms with Crippen molar-refractivity contribution in [2.24, 2.45) is 5.92 Å². The van der Waals surface area contributed by atoms with Crippen LogP contribution in [0, 0.1) is 17.6 Å². The van der Waals surface area contributed by atoms with E-state index in [1.807, 2.05) is 25.2 Å². The lowest BCUT2D eigenvalue weighted by Crippen LogP contribution is -2.48. The van der Waals surface area contributed by atoms with Gasteiger partial charge in [0.05, 0.1) is 18.7 Å². The third kappa shape index (κ3) is 3.72. The smallest absolute Gasteiger partial charge is 0.322 e. The lowest BCUT2D eigenvalue weighted by atomic mass is 9.81. The van der Waals surface area contributed by atoms with Crippen molar-refractivity contribution in [2.75, 3.05) is 30.4 Å². The number of likely N-dealkylation sites (N-methyl/N-ethyl adjacent to an activating group) is 1. The second-order valence-electron chi connectivity index (χ2n) is 8.64. The minimum Gasteiger partial charge on any atom is -0.394 e. The van der Waals surface area contributed by atoms with Crippen LogP contribution in [0.25, 0.3) is 11.1 Å². The van der Waals surface area contributed by atoms with Crippen LogP contribution in [0.5, 0.6) is 0 Å². The van der Waals surface area contributed by atoms with Gasteiger partial charge in [-0.1, -0.05) is 24.3 Å².